The summed E-state index contributed by atoms with van der Waals surface area (Å²) in [6, 6.07) is 0.182. The highest BCUT2D eigenvalue weighted by molar-refractivity contribution is 5.77. The average Bonchev–Trinajstić information content (AvgIpc) is 2.63. The van der Waals surface area contributed by atoms with E-state index in [9.17, 15) is 4.79 Å². The number of hydrogen-bond donors (Lipinski definition) is 2. The van der Waals surface area contributed by atoms with Gasteiger partial charge in [0.1, 0.15) is 5.54 Å². The van der Waals surface area contributed by atoms with Gasteiger partial charge in [0, 0.05) is 19.1 Å². The van der Waals surface area contributed by atoms with Crippen LogP contribution >= 0.6 is 0 Å². The van der Waals surface area contributed by atoms with E-state index in [4.69, 9.17) is 10.8 Å². The topological polar surface area (TPSA) is 69.8 Å². The molecule has 5 nitrogen and oxygen atoms in total. The minimum atomic E-state index is -1.14. The fraction of sp³-hybridized carbons (Fsp3) is 0.923. The molecule has 0 aromatic rings. The summed E-state index contributed by atoms with van der Waals surface area (Å²) in [5.74, 6) is -0.236. The van der Waals surface area contributed by atoms with Crippen molar-refractivity contribution < 1.29 is 9.90 Å². The Labute approximate surface area is 110 Å². The lowest BCUT2D eigenvalue weighted by atomic mass is 9.94. The number of rotatable bonds is 6. The lowest BCUT2D eigenvalue weighted by molar-refractivity contribution is -0.143. The van der Waals surface area contributed by atoms with Crippen molar-refractivity contribution in [2.45, 2.75) is 38.3 Å². The van der Waals surface area contributed by atoms with Crippen molar-refractivity contribution in [3.8, 4) is 0 Å². The standard InChI is InChI=1S/C13H27N3O2/c1-10(7-13(2,14)12(17)18)16(4)9-11-5-6-15(3)8-11/h10-11H,5-9,14H2,1-4H3,(H,17,18). The molecule has 0 aromatic carbocycles. The number of carbonyl (C=O) groups is 1. The molecular weight excluding hydrogens is 230 g/mol. The Kier molecular flexibility index (Phi) is 5.13. The summed E-state index contributed by atoms with van der Waals surface area (Å²) < 4.78 is 0. The van der Waals surface area contributed by atoms with E-state index >= 15 is 0 Å². The summed E-state index contributed by atoms with van der Waals surface area (Å²) in [5, 5.41) is 9.04. The van der Waals surface area contributed by atoms with Crippen LogP contribution in [0.3, 0.4) is 0 Å². The maximum Gasteiger partial charge on any atom is 0.323 e. The third-order valence-corrected chi connectivity index (χ3v) is 4.00. The van der Waals surface area contributed by atoms with Gasteiger partial charge in [-0.15, -0.1) is 0 Å². The Bertz CT molecular complexity index is 294. The number of carboxylic acid groups (broad SMARTS) is 1. The zero-order valence-corrected chi connectivity index (χ0v) is 12.0. The van der Waals surface area contributed by atoms with Crippen molar-refractivity contribution in [1.82, 2.24) is 9.80 Å². The summed E-state index contributed by atoms with van der Waals surface area (Å²) >= 11 is 0. The minimum absolute atomic E-state index is 0.182. The van der Waals surface area contributed by atoms with Gasteiger partial charge < -0.3 is 20.6 Å². The monoisotopic (exact) mass is 257 g/mol. The van der Waals surface area contributed by atoms with E-state index in [1.165, 1.54) is 6.42 Å². The molecule has 0 spiro atoms. The van der Waals surface area contributed by atoms with E-state index in [1.54, 1.807) is 6.92 Å². The van der Waals surface area contributed by atoms with Crippen LogP contribution in [0.5, 0.6) is 0 Å². The van der Waals surface area contributed by atoms with E-state index in [0.29, 0.717) is 12.3 Å². The molecule has 1 saturated heterocycles. The summed E-state index contributed by atoms with van der Waals surface area (Å²) in [5.41, 5.74) is 4.66. The molecular formula is C13H27N3O2. The number of likely N-dealkylation sites (tertiary alicyclic amines) is 1. The van der Waals surface area contributed by atoms with Crippen LogP contribution in [0.2, 0.25) is 0 Å². The molecule has 3 atom stereocenters. The predicted molar refractivity (Wildman–Crippen MR) is 72.5 cm³/mol. The summed E-state index contributed by atoms with van der Waals surface area (Å²) in [7, 11) is 4.20. The zero-order valence-electron chi connectivity index (χ0n) is 12.0. The van der Waals surface area contributed by atoms with E-state index in [1.807, 2.05) is 6.92 Å². The van der Waals surface area contributed by atoms with Crippen molar-refractivity contribution >= 4 is 5.97 Å². The van der Waals surface area contributed by atoms with Crippen LogP contribution in [0.4, 0.5) is 0 Å². The third-order valence-electron chi connectivity index (χ3n) is 4.00. The van der Waals surface area contributed by atoms with Gasteiger partial charge in [0.25, 0.3) is 0 Å². The molecule has 1 aliphatic rings. The quantitative estimate of drug-likeness (QED) is 0.723. The highest BCUT2D eigenvalue weighted by atomic mass is 16.4. The smallest absolute Gasteiger partial charge is 0.323 e. The molecule has 0 amide bonds. The van der Waals surface area contributed by atoms with Crippen LogP contribution < -0.4 is 5.73 Å². The summed E-state index contributed by atoms with van der Waals surface area (Å²) in [4.78, 5) is 15.6. The molecule has 1 rings (SSSR count). The number of aliphatic carboxylic acids is 1. The van der Waals surface area contributed by atoms with Crippen molar-refractivity contribution in [1.29, 1.82) is 0 Å². The molecule has 5 heteroatoms. The Morgan fingerprint density at radius 3 is 2.72 bits per heavy atom. The molecule has 0 radical (unpaired) electrons. The number of nitrogens with two attached hydrogens (primary N) is 1. The maximum atomic E-state index is 11.0. The lowest BCUT2D eigenvalue weighted by Crippen LogP contribution is -2.50. The molecule has 1 heterocycles. The number of carboxylic acids is 1. The van der Waals surface area contributed by atoms with Crippen LogP contribution in [0.15, 0.2) is 0 Å². The molecule has 3 N–H and O–H groups in total. The summed E-state index contributed by atoms with van der Waals surface area (Å²) in [6.07, 6.45) is 1.70. The first-order chi connectivity index (χ1) is 8.22. The Morgan fingerprint density at radius 1 is 1.67 bits per heavy atom. The van der Waals surface area contributed by atoms with Gasteiger partial charge in [0.15, 0.2) is 0 Å². The van der Waals surface area contributed by atoms with E-state index in [-0.39, 0.29) is 6.04 Å². The molecule has 106 valence electrons. The van der Waals surface area contributed by atoms with Gasteiger partial charge in [-0.25, -0.2) is 0 Å². The minimum Gasteiger partial charge on any atom is -0.480 e. The van der Waals surface area contributed by atoms with Gasteiger partial charge >= 0.3 is 5.97 Å². The second-order valence-electron chi connectivity index (χ2n) is 6.13. The first kappa shape index (κ1) is 15.4. The molecule has 0 bridgehead atoms. The zero-order chi connectivity index (χ0) is 13.9. The molecule has 0 aliphatic carbocycles. The number of hydrogen-bond acceptors (Lipinski definition) is 4. The maximum absolute atomic E-state index is 11.0. The van der Waals surface area contributed by atoms with Crippen molar-refractivity contribution in [2.75, 3.05) is 33.7 Å². The lowest BCUT2D eigenvalue weighted by Gasteiger charge is -2.31. The van der Waals surface area contributed by atoms with Crippen molar-refractivity contribution in [2.24, 2.45) is 11.7 Å². The highest BCUT2D eigenvalue weighted by Gasteiger charge is 2.32. The van der Waals surface area contributed by atoms with E-state index in [0.717, 1.165) is 19.6 Å². The van der Waals surface area contributed by atoms with Crippen LogP contribution in [0, 0.1) is 5.92 Å². The first-order valence-corrected chi connectivity index (χ1v) is 6.63. The fourth-order valence-electron chi connectivity index (χ4n) is 2.62. The second kappa shape index (κ2) is 5.99. The predicted octanol–water partition coefficient (Wildman–Crippen LogP) is 0.451. The first-order valence-electron chi connectivity index (χ1n) is 6.63. The Hall–Kier alpha value is -0.650. The molecule has 1 fully saturated rings. The van der Waals surface area contributed by atoms with Crippen LogP contribution in [-0.4, -0.2) is 66.2 Å². The molecule has 18 heavy (non-hydrogen) atoms. The highest BCUT2D eigenvalue weighted by Crippen LogP contribution is 2.19. The summed E-state index contributed by atoms with van der Waals surface area (Å²) in [6.45, 7) is 6.95. The van der Waals surface area contributed by atoms with Gasteiger partial charge in [0.05, 0.1) is 0 Å². The van der Waals surface area contributed by atoms with Crippen molar-refractivity contribution in [3.05, 3.63) is 0 Å². The number of nitrogens with zero attached hydrogens (tertiary/aromatic N) is 2. The van der Waals surface area contributed by atoms with Gasteiger partial charge in [-0.3, -0.25) is 4.79 Å². The average molecular weight is 257 g/mol. The fourth-order valence-corrected chi connectivity index (χ4v) is 2.62. The Morgan fingerprint density at radius 2 is 2.28 bits per heavy atom. The van der Waals surface area contributed by atoms with Gasteiger partial charge in [-0.05, 0) is 53.2 Å². The second-order valence-corrected chi connectivity index (χ2v) is 6.13. The Balaban J connectivity index is 2.41. The largest absolute Gasteiger partial charge is 0.480 e. The molecule has 0 saturated carbocycles. The van der Waals surface area contributed by atoms with Gasteiger partial charge in [-0.1, -0.05) is 0 Å². The van der Waals surface area contributed by atoms with E-state index in [2.05, 4.69) is 23.9 Å². The van der Waals surface area contributed by atoms with Crippen LogP contribution in [0.25, 0.3) is 0 Å². The normalized spacial score (nSPS) is 26.2. The molecule has 0 aromatic heterocycles. The molecule has 3 unspecified atom stereocenters. The van der Waals surface area contributed by atoms with E-state index < -0.39 is 11.5 Å². The van der Waals surface area contributed by atoms with Gasteiger partial charge in [-0.2, -0.15) is 0 Å². The van der Waals surface area contributed by atoms with Gasteiger partial charge in [0.2, 0.25) is 0 Å². The molecule has 1 aliphatic heterocycles. The van der Waals surface area contributed by atoms with Crippen molar-refractivity contribution in [3.63, 3.8) is 0 Å². The van der Waals surface area contributed by atoms with Crippen LogP contribution in [0.1, 0.15) is 26.7 Å². The third kappa shape index (κ3) is 4.23. The van der Waals surface area contributed by atoms with Crippen LogP contribution in [-0.2, 0) is 4.79 Å². The SMILES string of the molecule is CC(CC(C)(N)C(=O)O)N(C)CC1CCN(C)C1.